The molecule has 0 unspecified atom stereocenters. The second-order valence-corrected chi connectivity index (χ2v) is 5.01. The molecule has 1 N–H and O–H groups in total. The lowest BCUT2D eigenvalue weighted by Crippen LogP contribution is -2.24. The van der Waals surface area contributed by atoms with E-state index in [1.165, 1.54) is 24.4 Å². The van der Waals surface area contributed by atoms with Gasteiger partial charge in [-0.25, -0.2) is 9.82 Å². The zero-order valence-corrected chi connectivity index (χ0v) is 12.5. The van der Waals surface area contributed by atoms with Crippen molar-refractivity contribution >= 4 is 28.1 Å². The largest absolute Gasteiger partial charge is 0.484 e. The summed E-state index contributed by atoms with van der Waals surface area (Å²) in [7, 11) is 0. The van der Waals surface area contributed by atoms with Crippen molar-refractivity contribution in [2.75, 3.05) is 6.61 Å². The van der Waals surface area contributed by atoms with Crippen molar-refractivity contribution in [2.24, 2.45) is 5.10 Å². The van der Waals surface area contributed by atoms with Crippen LogP contribution in [0.25, 0.3) is 0 Å². The molecule has 1 amide bonds. The monoisotopic (exact) mass is 350 g/mol. The van der Waals surface area contributed by atoms with Crippen LogP contribution in [0.15, 0.2) is 58.1 Å². The molecule has 2 aromatic carbocycles. The van der Waals surface area contributed by atoms with Gasteiger partial charge in [0, 0.05) is 10.5 Å². The second-order valence-electron chi connectivity index (χ2n) is 4.09. The zero-order valence-electron chi connectivity index (χ0n) is 10.9. The predicted octanol–water partition coefficient (Wildman–Crippen LogP) is 3.12. The molecule has 2 aromatic rings. The smallest absolute Gasteiger partial charge is 0.277 e. The van der Waals surface area contributed by atoms with Gasteiger partial charge in [0.25, 0.3) is 5.91 Å². The van der Waals surface area contributed by atoms with Crippen LogP contribution in [0.3, 0.4) is 0 Å². The van der Waals surface area contributed by atoms with E-state index in [2.05, 4.69) is 26.5 Å². The van der Waals surface area contributed by atoms with Crippen LogP contribution in [-0.2, 0) is 4.79 Å². The quantitative estimate of drug-likeness (QED) is 0.665. The van der Waals surface area contributed by atoms with E-state index in [1.807, 2.05) is 24.3 Å². The van der Waals surface area contributed by atoms with Crippen LogP contribution >= 0.6 is 15.9 Å². The van der Waals surface area contributed by atoms with E-state index in [-0.39, 0.29) is 6.61 Å². The number of rotatable bonds is 5. The number of nitrogens with zero attached hydrogens (tertiary/aromatic N) is 1. The summed E-state index contributed by atoms with van der Waals surface area (Å²) in [5, 5.41) is 3.81. The van der Waals surface area contributed by atoms with Gasteiger partial charge in [0.15, 0.2) is 6.61 Å². The molecule has 6 heteroatoms. The fourth-order valence-corrected chi connectivity index (χ4v) is 1.92. The summed E-state index contributed by atoms with van der Waals surface area (Å²) in [5.41, 5.74) is 3.18. The Hall–Kier alpha value is -2.21. The minimum Gasteiger partial charge on any atom is -0.484 e. The van der Waals surface area contributed by atoms with Gasteiger partial charge >= 0.3 is 0 Å². The van der Waals surface area contributed by atoms with Crippen LogP contribution < -0.4 is 10.2 Å². The third kappa shape index (κ3) is 5.35. The SMILES string of the molecule is O=C(COc1cccc(F)c1)N/N=C\c1cccc(Br)c1. The molecule has 0 fully saturated rings. The molecule has 0 saturated carbocycles. The van der Waals surface area contributed by atoms with Crippen molar-refractivity contribution in [1.82, 2.24) is 5.43 Å². The summed E-state index contributed by atoms with van der Waals surface area (Å²) in [6, 6.07) is 13.0. The van der Waals surface area contributed by atoms with E-state index >= 15 is 0 Å². The van der Waals surface area contributed by atoms with Gasteiger partial charge in [0.05, 0.1) is 6.21 Å². The Labute approximate surface area is 129 Å². The first-order valence-corrected chi connectivity index (χ1v) is 6.88. The minimum absolute atomic E-state index is 0.237. The van der Waals surface area contributed by atoms with Gasteiger partial charge in [-0.3, -0.25) is 4.79 Å². The van der Waals surface area contributed by atoms with Gasteiger partial charge in [-0.2, -0.15) is 5.10 Å². The van der Waals surface area contributed by atoms with Crippen LogP contribution in [0.1, 0.15) is 5.56 Å². The molecule has 0 bridgehead atoms. The average molecular weight is 351 g/mol. The van der Waals surface area contributed by atoms with E-state index in [1.54, 1.807) is 6.07 Å². The maximum atomic E-state index is 12.9. The minimum atomic E-state index is -0.425. The summed E-state index contributed by atoms with van der Waals surface area (Å²) in [6.07, 6.45) is 1.52. The summed E-state index contributed by atoms with van der Waals surface area (Å²) < 4.78 is 19.0. The van der Waals surface area contributed by atoms with Crippen molar-refractivity contribution in [3.63, 3.8) is 0 Å². The highest BCUT2D eigenvalue weighted by atomic mass is 79.9. The highest BCUT2D eigenvalue weighted by Crippen LogP contribution is 2.11. The fraction of sp³-hybridized carbons (Fsp3) is 0.0667. The number of benzene rings is 2. The summed E-state index contributed by atoms with van der Waals surface area (Å²) in [4.78, 5) is 11.5. The van der Waals surface area contributed by atoms with Crippen LogP contribution in [0.5, 0.6) is 5.75 Å². The van der Waals surface area contributed by atoms with Gasteiger partial charge in [0.2, 0.25) is 0 Å². The standard InChI is InChI=1S/C15H12BrFN2O2/c16-12-4-1-3-11(7-12)9-18-19-15(20)10-21-14-6-2-5-13(17)8-14/h1-9H,10H2,(H,19,20)/b18-9-. The Bertz CT molecular complexity index is 662. The predicted molar refractivity (Wildman–Crippen MR) is 81.8 cm³/mol. The Kier molecular flexibility index (Phi) is 5.45. The number of carbonyl (C=O) groups excluding carboxylic acids is 1. The van der Waals surface area contributed by atoms with Crippen molar-refractivity contribution in [1.29, 1.82) is 0 Å². The molecule has 4 nitrogen and oxygen atoms in total. The number of nitrogens with one attached hydrogen (secondary N) is 1. The molecule has 0 radical (unpaired) electrons. The molecule has 108 valence electrons. The Morgan fingerprint density at radius 3 is 2.86 bits per heavy atom. The summed E-state index contributed by atoms with van der Waals surface area (Å²) in [6.45, 7) is -0.237. The van der Waals surface area contributed by atoms with Gasteiger partial charge < -0.3 is 4.74 Å². The Morgan fingerprint density at radius 2 is 2.10 bits per heavy atom. The first-order valence-electron chi connectivity index (χ1n) is 6.09. The molecule has 0 saturated heterocycles. The van der Waals surface area contributed by atoms with Gasteiger partial charge in [-0.15, -0.1) is 0 Å². The van der Waals surface area contributed by atoms with E-state index in [9.17, 15) is 9.18 Å². The second kappa shape index (κ2) is 7.54. The number of ether oxygens (including phenoxy) is 1. The number of hydrogen-bond acceptors (Lipinski definition) is 3. The summed E-state index contributed by atoms with van der Waals surface area (Å²) in [5.74, 6) is -0.549. The molecule has 0 aliphatic heterocycles. The lowest BCUT2D eigenvalue weighted by atomic mass is 10.2. The van der Waals surface area contributed by atoms with Crippen LogP contribution in [0, 0.1) is 5.82 Å². The highest BCUT2D eigenvalue weighted by Gasteiger charge is 2.02. The Morgan fingerprint density at radius 1 is 1.29 bits per heavy atom. The van der Waals surface area contributed by atoms with E-state index in [0.717, 1.165) is 10.0 Å². The highest BCUT2D eigenvalue weighted by molar-refractivity contribution is 9.10. The average Bonchev–Trinajstić information content (AvgIpc) is 2.45. The number of halogens is 2. The molecule has 0 heterocycles. The Balaban J connectivity index is 1.80. The van der Waals surface area contributed by atoms with Crippen molar-refractivity contribution in [2.45, 2.75) is 0 Å². The molecule has 21 heavy (non-hydrogen) atoms. The maximum Gasteiger partial charge on any atom is 0.277 e. The molecule has 0 aliphatic carbocycles. The van der Waals surface area contributed by atoms with E-state index in [0.29, 0.717) is 5.75 Å². The van der Waals surface area contributed by atoms with Crippen LogP contribution in [-0.4, -0.2) is 18.7 Å². The molecule has 0 atom stereocenters. The molecule has 0 aliphatic rings. The number of hydrazone groups is 1. The molecule has 0 aromatic heterocycles. The zero-order chi connectivity index (χ0) is 15.1. The van der Waals surface area contributed by atoms with Gasteiger partial charge in [-0.1, -0.05) is 34.1 Å². The lowest BCUT2D eigenvalue weighted by Gasteiger charge is -2.04. The lowest BCUT2D eigenvalue weighted by molar-refractivity contribution is -0.123. The number of carbonyl (C=O) groups is 1. The van der Waals surface area contributed by atoms with Crippen LogP contribution in [0.4, 0.5) is 4.39 Å². The third-order valence-electron chi connectivity index (χ3n) is 2.42. The molecular weight excluding hydrogens is 339 g/mol. The molecule has 2 rings (SSSR count). The van der Waals surface area contributed by atoms with Crippen LogP contribution in [0.2, 0.25) is 0 Å². The molecular formula is C15H12BrFN2O2. The normalized spacial score (nSPS) is 10.6. The maximum absolute atomic E-state index is 12.9. The van der Waals surface area contributed by atoms with Crippen molar-refractivity contribution in [3.8, 4) is 5.75 Å². The van der Waals surface area contributed by atoms with Crippen molar-refractivity contribution < 1.29 is 13.9 Å². The van der Waals surface area contributed by atoms with Gasteiger partial charge in [0.1, 0.15) is 11.6 Å². The molecule has 0 spiro atoms. The summed E-state index contributed by atoms with van der Waals surface area (Å²) >= 11 is 3.34. The topological polar surface area (TPSA) is 50.7 Å². The van der Waals surface area contributed by atoms with E-state index < -0.39 is 11.7 Å². The number of amides is 1. The third-order valence-corrected chi connectivity index (χ3v) is 2.91. The van der Waals surface area contributed by atoms with E-state index in [4.69, 9.17) is 4.74 Å². The fourth-order valence-electron chi connectivity index (χ4n) is 1.50. The van der Waals surface area contributed by atoms with Gasteiger partial charge in [-0.05, 0) is 29.8 Å². The first kappa shape index (κ1) is 15.2. The first-order chi connectivity index (χ1) is 10.1. The van der Waals surface area contributed by atoms with Crippen molar-refractivity contribution in [3.05, 3.63) is 64.4 Å². The number of hydrogen-bond donors (Lipinski definition) is 1.